The standard InChI is InChI=1S/C25H26N4O4/c1-32-23-8-4-2-6-19(23)17-27-25(26-16-18-10-12-20(13-11-18)29(30)31)28-22-14-15-33-24-9-5-3-7-21(22)24/h2-13,22H,14-17H2,1H3,(H2,26,27,28). The van der Waals surface area contributed by atoms with E-state index in [4.69, 9.17) is 14.5 Å². The summed E-state index contributed by atoms with van der Waals surface area (Å²) in [7, 11) is 1.65. The molecule has 0 spiro atoms. The Morgan fingerprint density at radius 1 is 1.12 bits per heavy atom. The molecule has 0 fully saturated rings. The number of guanidine groups is 1. The minimum atomic E-state index is -0.405. The first-order valence-electron chi connectivity index (χ1n) is 10.8. The molecule has 8 heteroatoms. The van der Waals surface area contributed by atoms with Crippen LogP contribution < -0.4 is 20.1 Å². The van der Waals surface area contributed by atoms with E-state index >= 15 is 0 Å². The Morgan fingerprint density at radius 3 is 2.67 bits per heavy atom. The number of nitro benzene ring substituents is 1. The van der Waals surface area contributed by atoms with E-state index in [1.54, 1.807) is 19.2 Å². The predicted octanol–water partition coefficient (Wildman–Crippen LogP) is 4.36. The highest BCUT2D eigenvalue weighted by molar-refractivity contribution is 5.80. The minimum absolute atomic E-state index is 0.0516. The van der Waals surface area contributed by atoms with Gasteiger partial charge < -0.3 is 20.1 Å². The van der Waals surface area contributed by atoms with Crippen LogP contribution in [0.2, 0.25) is 0 Å². The van der Waals surface area contributed by atoms with E-state index in [0.29, 0.717) is 25.7 Å². The second-order valence-corrected chi connectivity index (χ2v) is 7.63. The Kier molecular flexibility index (Phi) is 7.04. The number of hydrogen-bond donors (Lipinski definition) is 2. The molecule has 0 aliphatic carbocycles. The lowest BCUT2D eigenvalue weighted by molar-refractivity contribution is -0.384. The second kappa shape index (κ2) is 10.5. The summed E-state index contributed by atoms with van der Waals surface area (Å²) in [5, 5.41) is 17.8. The Bertz CT molecular complexity index is 1130. The maximum atomic E-state index is 10.9. The third kappa shape index (κ3) is 5.60. The third-order valence-electron chi connectivity index (χ3n) is 5.48. The van der Waals surface area contributed by atoms with Crippen LogP contribution in [-0.4, -0.2) is 24.6 Å². The van der Waals surface area contributed by atoms with E-state index in [2.05, 4.69) is 16.7 Å². The zero-order chi connectivity index (χ0) is 23.0. The average Bonchev–Trinajstić information content (AvgIpc) is 2.86. The normalized spacial score (nSPS) is 15.2. The number of rotatable bonds is 7. The van der Waals surface area contributed by atoms with Crippen LogP contribution in [0.5, 0.6) is 11.5 Å². The number of benzene rings is 3. The molecule has 3 aromatic carbocycles. The molecule has 1 unspecified atom stereocenters. The Morgan fingerprint density at radius 2 is 1.88 bits per heavy atom. The fourth-order valence-corrected chi connectivity index (χ4v) is 3.73. The SMILES string of the molecule is COc1ccccc1CNC(=NCc1ccc([N+](=O)[O-])cc1)NC1CCOc2ccccc21. The number of nitro groups is 1. The summed E-state index contributed by atoms with van der Waals surface area (Å²) in [6, 6.07) is 22.3. The molecule has 0 aromatic heterocycles. The summed E-state index contributed by atoms with van der Waals surface area (Å²) in [4.78, 5) is 15.3. The van der Waals surface area contributed by atoms with Gasteiger partial charge in [-0.2, -0.15) is 0 Å². The van der Waals surface area contributed by atoms with Gasteiger partial charge in [0.15, 0.2) is 5.96 Å². The molecule has 0 saturated heterocycles. The molecule has 0 radical (unpaired) electrons. The largest absolute Gasteiger partial charge is 0.496 e. The summed E-state index contributed by atoms with van der Waals surface area (Å²) in [5.74, 6) is 2.32. The molecule has 2 N–H and O–H groups in total. The van der Waals surface area contributed by atoms with Gasteiger partial charge in [-0.05, 0) is 17.7 Å². The van der Waals surface area contributed by atoms with Gasteiger partial charge in [-0.25, -0.2) is 4.99 Å². The van der Waals surface area contributed by atoms with Crippen LogP contribution >= 0.6 is 0 Å². The fraction of sp³-hybridized carbons (Fsp3) is 0.240. The molecule has 0 bridgehead atoms. The van der Waals surface area contributed by atoms with Crippen molar-refractivity contribution in [3.8, 4) is 11.5 Å². The summed E-state index contributed by atoms with van der Waals surface area (Å²) >= 11 is 0. The molecule has 1 aliphatic rings. The van der Waals surface area contributed by atoms with Crippen molar-refractivity contribution in [1.29, 1.82) is 0 Å². The Balaban J connectivity index is 1.53. The molecule has 0 amide bonds. The van der Waals surface area contributed by atoms with Crippen molar-refractivity contribution in [2.45, 2.75) is 25.6 Å². The van der Waals surface area contributed by atoms with E-state index in [0.717, 1.165) is 34.6 Å². The summed E-state index contributed by atoms with van der Waals surface area (Å²) in [5.41, 5.74) is 3.05. The van der Waals surface area contributed by atoms with E-state index in [9.17, 15) is 10.1 Å². The molecule has 1 atom stereocenters. The monoisotopic (exact) mass is 446 g/mol. The van der Waals surface area contributed by atoms with Crippen molar-refractivity contribution in [2.24, 2.45) is 4.99 Å². The topological polar surface area (TPSA) is 98.0 Å². The zero-order valence-corrected chi connectivity index (χ0v) is 18.4. The van der Waals surface area contributed by atoms with E-state index < -0.39 is 4.92 Å². The van der Waals surface area contributed by atoms with Gasteiger partial charge in [0, 0.05) is 36.2 Å². The lowest BCUT2D eigenvalue weighted by Crippen LogP contribution is -2.40. The first kappa shape index (κ1) is 22.1. The molecule has 8 nitrogen and oxygen atoms in total. The zero-order valence-electron chi connectivity index (χ0n) is 18.4. The molecule has 170 valence electrons. The van der Waals surface area contributed by atoms with Crippen molar-refractivity contribution in [2.75, 3.05) is 13.7 Å². The van der Waals surface area contributed by atoms with Crippen molar-refractivity contribution < 1.29 is 14.4 Å². The van der Waals surface area contributed by atoms with Gasteiger partial charge in [-0.1, -0.05) is 48.5 Å². The van der Waals surface area contributed by atoms with Crippen molar-refractivity contribution >= 4 is 11.6 Å². The van der Waals surface area contributed by atoms with E-state index in [1.165, 1.54) is 12.1 Å². The number of hydrogen-bond acceptors (Lipinski definition) is 5. The summed E-state index contributed by atoms with van der Waals surface area (Å²) < 4.78 is 11.2. The van der Waals surface area contributed by atoms with Crippen LogP contribution in [0.1, 0.15) is 29.2 Å². The molecule has 33 heavy (non-hydrogen) atoms. The number of fused-ring (bicyclic) bond motifs is 1. The highest BCUT2D eigenvalue weighted by atomic mass is 16.6. The molecule has 1 heterocycles. The number of nitrogens with zero attached hydrogens (tertiary/aromatic N) is 2. The fourth-order valence-electron chi connectivity index (χ4n) is 3.73. The summed E-state index contributed by atoms with van der Waals surface area (Å²) in [6.07, 6.45) is 0.809. The highest BCUT2D eigenvalue weighted by Gasteiger charge is 2.22. The van der Waals surface area contributed by atoms with Crippen molar-refractivity contribution in [3.63, 3.8) is 0 Å². The van der Waals surface area contributed by atoms with Crippen LogP contribution in [0.3, 0.4) is 0 Å². The van der Waals surface area contributed by atoms with Gasteiger partial charge in [0.05, 0.1) is 31.2 Å². The quantitative estimate of drug-likeness (QED) is 0.242. The van der Waals surface area contributed by atoms with Crippen molar-refractivity contribution in [3.05, 3.63) is 99.6 Å². The van der Waals surface area contributed by atoms with Gasteiger partial charge in [0.2, 0.25) is 0 Å². The van der Waals surface area contributed by atoms with Gasteiger partial charge in [-0.15, -0.1) is 0 Å². The number of ether oxygens (including phenoxy) is 2. The number of nitrogens with one attached hydrogen (secondary N) is 2. The van der Waals surface area contributed by atoms with Crippen molar-refractivity contribution in [1.82, 2.24) is 10.6 Å². The smallest absolute Gasteiger partial charge is 0.269 e. The number of non-ortho nitro benzene ring substituents is 1. The number of para-hydroxylation sites is 2. The maximum Gasteiger partial charge on any atom is 0.269 e. The average molecular weight is 447 g/mol. The van der Waals surface area contributed by atoms with Gasteiger partial charge in [-0.3, -0.25) is 10.1 Å². The molecule has 4 rings (SSSR count). The highest BCUT2D eigenvalue weighted by Crippen LogP contribution is 2.31. The van der Waals surface area contributed by atoms with E-state index in [-0.39, 0.29) is 11.7 Å². The van der Waals surface area contributed by atoms with Crippen LogP contribution in [0.4, 0.5) is 5.69 Å². The maximum absolute atomic E-state index is 10.9. The van der Waals surface area contributed by atoms with Gasteiger partial charge in [0.1, 0.15) is 11.5 Å². The first-order valence-corrected chi connectivity index (χ1v) is 10.8. The second-order valence-electron chi connectivity index (χ2n) is 7.63. The first-order chi connectivity index (χ1) is 16.1. The van der Waals surface area contributed by atoms with Gasteiger partial charge >= 0.3 is 0 Å². The summed E-state index contributed by atoms with van der Waals surface area (Å²) in [6.45, 7) is 1.53. The number of methoxy groups -OCH3 is 1. The minimum Gasteiger partial charge on any atom is -0.496 e. The van der Waals surface area contributed by atoms with Crippen LogP contribution in [-0.2, 0) is 13.1 Å². The lowest BCUT2D eigenvalue weighted by atomic mass is 10.0. The molecular formula is C25H26N4O4. The predicted molar refractivity (Wildman–Crippen MR) is 126 cm³/mol. The lowest BCUT2D eigenvalue weighted by Gasteiger charge is -2.28. The molecular weight excluding hydrogens is 420 g/mol. The number of aliphatic imine (C=N–C) groups is 1. The Labute approximate surface area is 192 Å². The van der Waals surface area contributed by atoms with Crippen LogP contribution in [0.25, 0.3) is 0 Å². The third-order valence-corrected chi connectivity index (χ3v) is 5.48. The van der Waals surface area contributed by atoms with E-state index in [1.807, 2.05) is 42.5 Å². The molecule has 0 saturated carbocycles. The Hall–Kier alpha value is -4.07. The van der Waals surface area contributed by atoms with Crippen LogP contribution in [0.15, 0.2) is 77.8 Å². The molecule has 1 aliphatic heterocycles. The molecule has 3 aromatic rings. The van der Waals surface area contributed by atoms with Gasteiger partial charge in [0.25, 0.3) is 5.69 Å². The van der Waals surface area contributed by atoms with Crippen LogP contribution in [0, 0.1) is 10.1 Å².